The van der Waals surface area contributed by atoms with Gasteiger partial charge in [0.15, 0.2) is 5.54 Å². The Morgan fingerprint density at radius 2 is 1.76 bits per heavy atom. The molecule has 2 aliphatic rings. The molecule has 1 aromatic carbocycles. The molecule has 2 aromatic heterocycles. The van der Waals surface area contributed by atoms with Crippen molar-refractivity contribution >= 4 is 22.3 Å². The van der Waals surface area contributed by atoms with Crippen LogP contribution in [0.1, 0.15) is 55.1 Å². The van der Waals surface area contributed by atoms with Gasteiger partial charge in [-0.1, -0.05) is 6.07 Å². The number of benzene rings is 1. The first-order valence-corrected chi connectivity index (χ1v) is 13.6. The predicted octanol–water partition coefficient (Wildman–Crippen LogP) is 6.24. The number of aromatic nitrogens is 2. The standard InChI is InChI=1S/C29H26F7N9/c1-15-19(4-5-22(30)41-15)25(21-13-45(44-43-21)27(6-7-27)29(34,35)36)42-18-8-16(10-37)23-20(9-18)24(17(11-38)12-39-23)40-14-26(2,3)28(31,32)33/h4-5,8-9,12-13,25,42-44H,6-7,14H2,1-3H3,(H,39,40)/t25-/m0/s1. The number of alkyl halides is 6. The summed E-state index contributed by atoms with van der Waals surface area (Å²) < 4.78 is 96.3. The molecule has 0 radical (unpaired) electrons. The molecule has 5 rings (SSSR count). The summed E-state index contributed by atoms with van der Waals surface area (Å²) in [6.07, 6.45) is -6.96. The second kappa shape index (κ2) is 11.0. The normalized spacial score (nSPS) is 16.8. The summed E-state index contributed by atoms with van der Waals surface area (Å²) in [5.41, 5.74) is 2.06. The number of pyridine rings is 2. The fourth-order valence-corrected chi connectivity index (χ4v) is 4.98. The number of hydrazine groups is 2. The molecule has 9 nitrogen and oxygen atoms in total. The van der Waals surface area contributed by atoms with Gasteiger partial charge in [-0.15, -0.1) is 5.53 Å². The van der Waals surface area contributed by atoms with E-state index in [9.17, 15) is 41.3 Å². The molecule has 16 heteroatoms. The zero-order valence-corrected chi connectivity index (χ0v) is 24.0. The van der Waals surface area contributed by atoms with E-state index in [2.05, 4.69) is 31.6 Å². The van der Waals surface area contributed by atoms with Crippen molar-refractivity contribution in [3.05, 3.63) is 70.7 Å². The first-order valence-electron chi connectivity index (χ1n) is 13.6. The number of rotatable bonds is 8. The van der Waals surface area contributed by atoms with Gasteiger partial charge < -0.3 is 16.1 Å². The minimum absolute atomic E-state index is 0.00689. The number of nitrogens with zero attached hydrogens (tertiary/aromatic N) is 5. The second-order valence-electron chi connectivity index (χ2n) is 11.5. The summed E-state index contributed by atoms with van der Waals surface area (Å²) in [5.74, 6) is -0.776. The molecule has 236 valence electrons. The summed E-state index contributed by atoms with van der Waals surface area (Å²) >= 11 is 0. The van der Waals surface area contributed by atoms with Crippen LogP contribution >= 0.6 is 0 Å². The lowest BCUT2D eigenvalue weighted by atomic mass is 9.92. The van der Waals surface area contributed by atoms with E-state index in [0.29, 0.717) is 5.56 Å². The molecule has 3 heterocycles. The molecule has 1 aliphatic heterocycles. The second-order valence-corrected chi connectivity index (χ2v) is 11.5. The molecular formula is C29H26F7N9. The minimum atomic E-state index is -4.57. The highest BCUT2D eigenvalue weighted by Crippen LogP contribution is 2.54. The maximum atomic E-state index is 13.9. The number of fused-ring (bicyclic) bond motifs is 1. The van der Waals surface area contributed by atoms with Crippen LogP contribution in [0.5, 0.6) is 0 Å². The van der Waals surface area contributed by atoms with Gasteiger partial charge in [0.1, 0.15) is 12.1 Å². The van der Waals surface area contributed by atoms with Crippen LogP contribution in [-0.4, -0.2) is 39.4 Å². The van der Waals surface area contributed by atoms with E-state index in [-0.39, 0.29) is 57.6 Å². The third kappa shape index (κ3) is 5.73. The lowest BCUT2D eigenvalue weighted by molar-refractivity contribution is -0.206. The van der Waals surface area contributed by atoms with Crippen molar-refractivity contribution in [2.75, 3.05) is 17.2 Å². The molecule has 0 saturated heterocycles. The van der Waals surface area contributed by atoms with Gasteiger partial charge in [0.2, 0.25) is 5.95 Å². The number of nitriles is 2. The van der Waals surface area contributed by atoms with Crippen LogP contribution in [0.3, 0.4) is 0 Å². The molecule has 1 fully saturated rings. The molecule has 0 amide bonds. The first kappa shape index (κ1) is 31.6. The average molecular weight is 634 g/mol. The highest BCUT2D eigenvalue weighted by atomic mass is 19.4. The summed E-state index contributed by atoms with van der Waals surface area (Å²) in [4.78, 5) is 8.03. The smallest absolute Gasteiger partial charge is 0.382 e. The number of halogens is 7. The summed E-state index contributed by atoms with van der Waals surface area (Å²) in [7, 11) is 0. The van der Waals surface area contributed by atoms with Gasteiger partial charge in [-0.25, -0.2) is 4.98 Å². The van der Waals surface area contributed by atoms with Gasteiger partial charge in [-0.05, 0) is 51.8 Å². The summed E-state index contributed by atoms with van der Waals surface area (Å²) in [5, 5.41) is 26.6. The lowest BCUT2D eigenvalue weighted by Gasteiger charge is -2.29. The van der Waals surface area contributed by atoms with Gasteiger partial charge >= 0.3 is 12.4 Å². The fraction of sp³-hybridized carbons (Fsp3) is 0.379. The highest BCUT2D eigenvalue weighted by molar-refractivity contribution is 5.99. The Bertz CT molecular complexity index is 1760. The highest BCUT2D eigenvalue weighted by Gasteiger charge is 2.67. The van der Waals surface area contributed by atoms with Crippen molar-refractivity contribution in [3.8, 4) is 12.1 Å². The summed E-state index contributed by atoms with van der Waals surface area (Å²) in [6, 6.07) is 8.29. The SMILES string of the molecule is Cc1nc(F)ccc1[C@H](Nc1cc(C#N)c2ncc(C#N)c(NCC(C)(C)C(F)(F)F)c2c1)C1=CN(C2(C(F)(F)F)CC2)NN1. The van der Waals surface area contributed by atoms with E-state index in [1.165, 1.54) is 31.3 Å². The number of hydrogen-bond donors (Lipinski definition) is 4. The average Bonchev–Trinajstić information content (AvgIpc) is 3.65. The Labute approximate surface area is 252 Å². The maximum absolute atomic E-state index is 13.9. The van der Waals surface area contributed by atoms with Gasteiger partial charge in [-0.3, -0.25) is 9.99 Å². The molecule has 1 atom stereocenters. The molecule has 0 spiro atoms. The number of anilines is 2. The molecule has 3 aromatic rings. The van der Waals surface area contributed by atoms with Crippen LogP contribution in [-0.2, 0) is 0 Å². The van der Waals surface area contributed by atoms with Crippen LogP contribution in [0.15, 0.2) is 42.4 Å². The third-order valence-electron chi connectivity index (χ3n) is 8.01. The third-order valence-corrected chi connectivity index (χ3v) is 8.01. The fourth-order valence-electron chi connectivity index (χ4n) is 4.98. The van der Waals surface area contributed by atoms with E-state index in [0.717, 1.165) is 31.1 Å². The molecule has 45 heavy (non-hydrogen) atoms. The molecule has 4 N–H and O–H groups in total. The van der Waals surface area contributed by atoms with Gasteiger partial charge in [0.25, 0.3) is 0 Å². The van der Waals surface area contributed by atoms with Crippen molar-refractivity contribution in [3.63, 3.8) is 0 Å². The van der Waals surface area contributed by atoms with Crippen LogP contribution in [0.25, 0.3) is 10.9 Å². The zero-order valence-electron chi connectivity index (χ0n) is 24.0. The van der Waals surface area contributed by atoms with E-state index in [4.69, 9.17) is 0 Å². The van der Waals surface area contributed by atoms with Crippen molar-refractivity contribution < 1.29 is 30.7 Å². The van der Waals surface area contributed by atoms with Crippen LogP contribution < -0.4 is 21.6 Å². The lowest BCUT2D eigenvalue weighted by Crippen LogP contribution is -2.52. The van der Waals surface area contributed by atoms with Gasteiger partial charge in [-0.2, -0.15) is 41.3 Å². The Morgan fingerprint density at radius 1 is 1.07 bits per heavy atom. The molecule has 0 bridgehead atoms. The van der Waals surface area contributed by atoms with Crippen molar-refractivity contribution in [2.45, 2.75) is 57.5 Å². The number of nitrogens with one attached hydrogen (secondary N) is 4. The monoisotopic (exact) mass is 633 g/mol. The first-order chi connectivity index (χ1) is 21.0. The van der Waals surface area contributed by atoms with Crippen LogP contribution in [0.2, 0.25) is 0 Å². The Balaban J connectivity index is 1.60. The number of aryl methyl sites for hydroxylation is 1. The predicted molar refractivity (Wildman–Crippen MR) is 149 cm³/mol. The van der Waals surface area contributed by atoms with Gasteiger partial charge in [0.05, 0.1) is 39.5 Å². The van der Waals surface area contributed by atoms with E-state index in [1.54, 1.807) is 0 Å². The Morgan fingerprint density at radius 3 is 2.33 bits per heavy atom. The van der Waals surface area contributed by atoms with Crippen molar-refractivity contribution in [1.82, 2.24) is 25.9 Å². The maximum Gasteiger partial charge on any atom is 0.413 e. The molecular weight excluding hydrogens is 607 g/mol. The van der Waals surface area contributed by atoms with Crippen molar-refractivity contribution in [1.29, 1.82) is 10.5 Å². The largest absolute Gasteiger partial charge is 0.413 e. The van der Waals surface area contributed by atoms with Crippen LogP contribution in [0.4, 0.5) is 42.1 Å². The Kier molecular flexibility index (Phi) is 7.69. The minimum Gasteiger partial charge on any atom is -0.382 e. The van der Waals surface area contributed by atoms with Crippen LogP contribution in [0, 0.1) is 40.9 Å². The molecule has 1 saturated carbocycles. The molecule has 1 aliphatic carbocycles. The van der Waals surface area contributed by atoms with E-state index < -0.39 is 41.8 Å². The van der Waals surface area contributed by atoms with E-state index >= 15 is 0 Å². The van der Waals surface area contributed by atoms with E-state index in [1.807, 2.05) is 12.1 Å². The Hall–Kier alpha value is -4.83. The topological polar surface area (TPSA) is 125 Å². The quantitative estimate of drug-likeness (QED) is 0.169. The number of hydrogen-bond acceptors (Lipinski definition) is 9. The molecule has 0 unspecified atom stereocenters. The van der Waals surface area contributed by atoms with Crippen molar-refractivity contribution in [2.24, 2.45) is 5.41 Å². The zero-order chi connectivity index (χ0) is 32.9. The summed E-state index contributed by atoms with van der Waals surface area (Å²) in [6.45, 7) is 2.90. The van der Waals surface area contributed by atoms with Gasteiger partial charge in [0, 0.05) is 41.3 Å².